The molecule has 4 heteroatoms. The first-order valence-corrected chi connectivity index (χ1v) is 9.21. The van der Waals surface area contributed by atoms with Gasteiger partial charge in [-0.05, 0) is 42.0 Å². The Bertz CT molecular complexity index is 908. The van der Waals surface area contributed by atoms with Gasteiger partial charge in [0.05, 0.1) is 5.69 Å². The molecular weight excluding hydrogens is 351 g/mol. The van der Waals surface area contributed by atoms with Crippen molar-refractivity contribution in [3.8, 4) is 11.4 Å². The minimum atomic E-state index is 0.127. The number of nitrogens with zero attached hydrogens (tertiary/aromatic N) is 1. The summed E-state index contributed by atoms with van der Waals surface area (Å²) < 4.78 is 0. The highest BCUT2D eigenvalue weighted by atomic mass is 35.5. The van der Waals surface area contributed by atoms with Crippen LogP contribution in [0.25, 0.3) is 11.4 Å². The Hall–Kier alpha value is -1.77. The lowest BCUT2D eigenvalue weighted by atomic mass is 10.0. The van der Waals surface area contributed by atoms with Crippen molar-refractivity contribution in [1.82, 2.24) is 9.97 Å². The van der Waals surface area contributed by atoms with Gasteiger partial charge in [-0.2, -0.15) is 0 Å². The Morgan fingerprint density at radius 2 is 1.60 bits per heavy atom. The Morgan fingerprint density at radius 1 is 0.960 bits per heavy atom. The van der Waals surface area contributed by atoms with Gasteiger partial charge in [-0.1, -0.05) is 67.4 Å². The molecule has 1 aliphatic carbocycles. The number of hydrogen-bond acceptors (Lipinski definition) is 1. The molecule has 0 radical (unpaired) electrons. The van der Waals surface area contributed by atoms with Crippen molar-refractivity contribution in [3.05, 3.63) is 75.5 Å². The van der Waals surface area contributed by atoms with Gasteiger partial charge in [0.2, 0.25) is 0 Å². The van der Waals surface area contributed by atoms with Crippen LogP contribution in [-0.4, -0.2) is 9.97 Å². The van der Waals surface area contributed by atoms with Crippen molar-refractivity contribution in [2.75, 3.05) is 0 Å². The topological polar surface area (TPSA) is 28.7 Å². The molecule has 0 bridgehead atoms. The molecule has 2 unspecified atom stereocenters. The number of aryl methyl sites for hydroxylation is 1. The maximum atomic E-state index is 6.22. The SMILES string of the molecule is Cc1[nH]c(-c2ccccc2)nc1C1C(c2cc(Cl)cc(Cl)c2)C1(C)C. The molecule has 1 saturated carbocycles. The maximum absolute atomic E-state index is 6.22. The third kappa shape index (κ3) is 2.88. The Kier molecular flexibility index (Phi) is 3.93. The van der Waals surface area contributed by atoms with Crippen LogP contribution in [0.3, 0.4) is 0 Å². The second-order valence-corrected chi connectivity index (χ2v) is 8.31. The summed E-state index contributed by atoms with van der Waals surface area (Å²) in [6.07, 6.45) is 0. The summed E-state index contributed by atoms with van der Waals surface area (Å²) in [6, 6.07) is 16.1. The lowest BCUT2D eigenvalue weighted by Crippen LogP contribution is -1.92. The highest BCUT2D eigenvalue weighted by Gasteiger charge is 2.60. The van der Waals surface area contributed by atoms with E-state index in [0.29, 0.717) is 21.9 Å². The first-order valence-electron chi connectivity index (χ1n) is 8.46. The summed E-state index contributed by atoms with van der Waals surface area (Å²) >= 11 is 12.4. The molecule has 0 aliphatic heterocycles. The molecule has 2 atom stereocenters. The molecule has 0 saturated heterocycles. The first kappa shape index (κ1) is 16.7. The molecule has 1 heterocycles. The molecule has 25 heavy (non-hydrogen) atoms. The highest BCUT2D eigenvalue weighted by molar-refractivity contribution is 6.34. The molecule has 1 fully saturated rings. The molecule has 1 aliphatic rings. The van der Waals surface area contributed by atoms with E-state index in [1.54, 1.807) is 6.07 Å². The van der Waals surface area contributed by atoms with E-state index in [1.807, 2.05) is 30.3 Å². The second-order valence-electron chi connectivity index (χ2n) is 7.44. The number of halogens is 2. The van der Waals surface area contributed by atoms with Crippen molar-refractivity contribution in [3.63, 3.8) is 0 Å². The zero-order valence-electron chi connectivity index (χ0n) is 14.5. The minimum absolute atomic E-state index is 0.127. The predicted octanol–water partition coefficient (Wildman–Crippen LogP) is 6.60. The monoisotopic (exact) mass is 370 g/mol. The average molecular weight is 371 g/mol. The van der Waals surface area contributed by atoms with E-state index in [1.165, 1.54) is 5.56 Å². The fraction of sp³-hybridized carbons (Fsp3) is 0.286. The third-order valence-electron chi connectivity index (χ3n) is 5.34. The Balaban J connectivity index is 1.72. The van der Waals surface area contributed by atoms with Crippen LogP contribution < -0.4 is 0 Å². The van der Waals surface area contributed by atoms with Gasteiger partial charge in [0.1, 0.15) is 5.82 Å². The quantitative estimate of drug-likeness (QED) is 0.552. The summed E-state index contributed by atoms with van der Waals surface area (Å²) in [5, 5.41) is 1.38. The van der Waals surface area contributed by atoms with E-state index in [4.69, 9.17) is 28.2 Å². The van der Waals surface area contributed by atoms with Gasteiger partial charge in [0.15, 0.2) is 0 Å². The standard InChI is InChI=1S/C21H20Cl2N2/c1-12-19(25-20(24-12)13-7-5-4-6-8-13)18-17(21(18,2)3)14-9-15(22)11-16(23)10-14/h4-11,17-18H,1-3H3,(H,24,25). The van der Waals surface area contributed by atoms with E-state index in [0.717, 1.165) is 22.8 Å². The van der Waals surface area contributed by atoms with Gasteiger partial charge in [-0.3, -0.25) is 0 Å². The van der Waals surface area contributed by atoms with E-state index >= 15 is 0 Å². The highest BCUT2D eigenvalue weighted by Crippen LogP contribution is 2.70. The van der Waals surface area contributed by atoms with Crippen LogP contribution in [0.5, 0.6) is 0 Å². The zero-order chi connectivity index (χ0) is 17.8. The van der Waals surface area contributed by atoms with Crippen molar-refractivity contribution in [2.45, 2.75) is 32.6 Å². The van der Waals surface area contributed by atoms with E-state index in [-0.39, 0.29) is 5.41 Å². The average Bonchev–Trinajstić information content (AvgIpc) is 2.92. The lowest BCUT2D eigenvalue weighted by molar-refractivity contribution is 0.597. The van der Waals surface area contributed by atoms with E-state index in [9.17, 15) is 0 Å². The van der Waals surface area contributed by atoms with Crippen LogP contribution in [0.1, 0.15) is 42.6 Å². The number of H-pyrrole nitrogens is 1. The number of aromatic amines is 1. The number of nitrogens with one attached hydrogen (secondary N) is 1. The minimum Gasteiger partial charge on any atom is -0.342 e. The molecule has 2 aromatic carbocycles. The van der Waals surface area contributed by atoms with Gasteiger partial charge in [-0.15, -0.1) is 0 Å². The number of benzene rings is 2. The molecule has 1 aromatic heterocycles. The second kappa shape index (κ2) is 5.89. The predicted molar refractivity (Wildman–Crippen MR) is 104 cm³/mol. The fourth-order valence-corrected chi connectivity index (χ4v) is 4.58. The van der Waals surface area contributed by atoms with Crippen LogP contribution in [0, 0.1) is 12.3 Å². The van der Waals surface area contributed by atoms with Gasteiger partial charge < -0.3 is 4.98 Å². The summed E-state index contributed by atoms with van der Waals surface area (Å²) in [7, 11) is 0. The number of aromatic nitrogens is 2. The van der Waals surface area contributed by atoms with Gasteiger partial charge in [0, 0.05) is 27.2 Å². The van der Waals surface area contributed by atoms with Gasteiger partial charge in [-0.25, -0.2) is 4.98 Å². The number of imidazole rings is 1. The first-order chi connectivity index (χ1) is 11.9. The molecule has 1 N–H and O–H groups in total. The van der Waals surface area contributed by atoms with Gasteiger partial charge >= 0.3 is 0 Å². The van der Waals surface area contributed by atoms with Crippen molar-refractivity contribution < 1.29 is 0 Å². The lowest BCUT2D eigenvalue weighted by Gasteiger charge is -2.04. The third-order valence-corrected chi connectivity index (χ3v) is 5.77. The van der Waals surface area contributed by atoms with Crippen LogP contribution >= 0.6 is 23.2 Å². The summed E-state index contributed by atoms with van der Waals surface area (Å²) in [4.78, 5) is 8.39. The largest absolute Gasteiger partial charge is 0.342 e. The summed E-state index contributed by atoms with van der Waals surface area (Å²) in [5.74, 6) is 1.66. The normalized spacial score (nSPS) is 21.3. The molecule has 4 rings (SSSR count). The van der Waals surface area contributed by atoms with Crippen LogP contribution in [0.4, 0.5) is 0 Å². The van der Waals surface area contributed by atoms with Crippen LogP contribution in [0.15, 0.2) is 48.5 Å². The molecular formula is C21H20Cl2N2. The molecule has 3 aromatic rings. The van der Waals surface area contributed by atoms with Crippen LogP contribution in [0.2, 0.25) is 10.0 Å². The maximum Gasteiger partial charge on any atom is 0.137 e. The Labute approximate surface area is 158 Å². The molecule has 0 amide bonds. The zero-order valence-corrected chi connectivity index (χ0v) is 16.0. The Morgan fingerprint density at radius 3 is 2.24 bits per heavy atom. The molecule has 2 nitrogen and oxygen atoms in total. The van der Waals surface area contributed by atoms with Crippen molar-refractivity contribution >= 4 is 23.2 Å². The summed E-state index contributed by atoms with van der Waals surface area (Å²) in [5.41, 5.74) is 4.70. The molecule has 0 spiro atoms. The summed E-state index contributed by atoms with van der Waals surface area (Å²) in [6.45, 7) is 6.67. The number of hydrogen-bond donors (Lipinski definition) is 1. The smallest absolute Gasteiger partial charge is 0.137 e. The molecule has 128 valence electrons. The fourth-order valence-electron chi connectivity index (χ4n) is 4.03. The number of rotatable bonds is 3. The van der Waals surface area contributed by atoms with Crippen LogP contribution in [-0.2, 0) is 0 Å². The van der Waals surface area contributed by atoms with Crippen molar-refractivity contribution in [2.24, 2.45) is 5.41 Å². The van der Waals surface area contributed by atoms with Crippen molar-refractivity contribution in [1.29, 1.82) is 0 Å². The van der Waals surface area contributed by atoms with Gasteiger partial charge in [0.25, 0.3) is 0 Å². The van der Waals surface area contributed by atoms with E-state index in [2.05, 4.69) is 37.9 Å². The van der Waals surface area contributed by atoms with E-state index < -0.39 is 0 Å².